The number of guanidine groups is 2. The quantitative estimate of drug-likeness (QED) is 0.484. The Morgan fingerprint density at radius 2 is 1.65 bits per heavy atom. The second-order valence-corrected chi connectivity index (χ2v) is 7.82. The van der Waals surface area contributed by atoms with Crippen molar-refractivity contribution in [3.8, 4) is 0 Å². The Hall–Kier alpha value is -1.56. The van der Waals surface area contributed by atoms with Crippen LogP contribution in [0.1, 0.15) is 71.1 Å². The topological polar surface area (TPSA) is 80.0 Å². The zero-order chi connectivity index (χ0) is 18.8. The van der Waals surface area contributed by atoms with Crippen molar-refractivity contribution in [1.82, 2.24) is 0 Å². The van der Waals surface area contributed by atoms with Crippen molar-refractivity contribution in [3.63, 3.8) is 0 Å². The molecule has 0 saturated heterocycles. The Bertz CT molecular complexity index is 614. The van der Waals surface area contributed by atoms with Crippen LogP contribution < -0.4 is 16.4 Å². The van der Waals surface area contributed by atoms with Gasteiger partial charge in [-0.05, 0) is 31.0 Å². The van der Waals surface area contributed by atoms with Crippen molar-refractivity contribution >= 4 is 33.5 Å². The molecule has 1 aromatic rings. The number of nitrogens with two attached hydrogens (primary N) is 2. The summed E-state index contributed by atoms with van der Waals surface area (Å²) in [4.78, 5) is 10.6. The predicted octanol–water partition coefficient (Wildman–Crippen LogP) is 5.15. The molecule has 0 saturated carbocycles. The van der Waals surface area contributed by atoms with Gasteiger partial charge in [0.05, 0.1) is 0 Å². The van der Waals surface area contributed by atoms with E-state index in [-0.39, 0.29) is 12.1 Å². The fourth-order valence-corrected chi connectivity index (χ4v) is 3.71. The van der Waals surface area contributed by atoms with Gasteiger partial charge in [0.1, 0.15) is 6.17 Å². The normalized spacial score (nSPS) is 17.2. The van der Waals surface area contributed by atoms with Gasteiger partial charge in [-0.1, -0.05) is 80.3 Å². The molecule has 1 aromatic carbocycles. The van der Waals surface area contributed by atoms with Crippen LogP contribution >= 0.6 is 15.9 Å². The van der Waals surface area contributed by atoms with Gasteiger partial charge in [0.2, 0.25) is 11.9 Å². The van der Waals surface area contributed by atoms with Gasteiger partial charge in [-0.3, -0.25) is 4.90 Å². The maximum atomic E-state index is 6.15. The second-order valence-electron chi connectivity index (χ2n) is 6.90. The molecule has 1 aliphatic rings. The molecule has 1 heterocycles. The monoisotopic (exact) mass is 421 g/mol. The van der Waals surface area contributed by atoms with Gasteiger partial charge in [-0.15, -0.1) is 0 Å². The summed E-state index contributed by atoms with van der Waals surface area (Å²) in [6.45, 7) is 2.26. The first-order chi connectivity index (χ1) is 12.6. The molecule has 1 unspecified atom stereocenters. The zero-order valence-electron chi connectivity index (χ0n) is 15.8. The number of unbranched alkanes of at least 4 members (excludes halogenated alkanes) is 8. The minimum Gasteiger partial charge on any atom is -0.369 e. The van der Waals surface area contributed by atoms with Crippen molar-refractivity contribution in [2.24, 2.45) is 21.5 Å². The Morgan fingerprint density at radius 3 is 2.31 bits per heavy atom. The average molecular weight is 422 g/mol. The average Bonchev–Trinajstić information content (AvgIpc) is 2.60. The highest BCUT2D eigenvalue weighted by atomic mass is 79.9. The number of rotatable bonds is 11. The van der Waals surface area contributed by atoms with Crippen molar-refractivity contribution in [3.05, 3.63) is 28.7 Å². The summed E-state index contributed by atoms with van der Waals surface area (Å²) < 4.78 is 1.01. The minimum atomic E-state index is -0.0774. The van der Waals surface area contributed by atoms with Crippen LogP contribution in [0.15, 0.2) is 38.7 Å². The second kappa shape index (κ2) is 11.2. The van der Waals surface area contributed by atoms with Gasteiger partial charge in [0.15, 0.2) is 0 Å². The highest BCUT2D eigenvalue weighted by Crippen LogP contribution is 2.26. The summed E-state index contributed by atoms with van der Waals surface area (Å²) in [7, 11) is 0. The molecule has 0 amide bonds. The highest BCUT2D eigenvalue weighted by molar-refractivity contribution is 9.10. The van der Waals surface area contributed by atoms with Crippen LogP contribution in [0.4, 0.5) is 5.69 Å². The first-order valence-electron chi connectivity index (χ1n) is 9.84. The molecule has 0 aromatic heterocycles. The van der Waals surface area contributed by atoms with E-state index in [1.54, 1.807) is 0 Å². The molecule has 5 nitrogen and oxygen atoms in total. The Labute approximate surface area is 166 Å². The summed E-state index contributed by atoms with van der Waals surface area (Å²) in [5.74, 6) is 0.686. The maximum Gasteiger partial charge on any atom is 0.220 e. The first kappa shape index (κ1) is 20.7. The van der Waals surface area contributed by atoms with E-state index >= 15 is 0 Å². The lowest BCUT2D eigenvalue weighted by atomic mass is 10.1. The molecule has 0 bridgehead atoms. The number of hydrogen-bond donors (Lipinski definition) is 2. The molecule has 2 rings (SSSR count). The van der Waals surface area contributed by atoms with Gasteiger partial charge in [0, 0.05) is 10.2 Å². The van der Waals surface area contributed by atoms with E-state index in [4.69, 9.17) is 11.5 Å². The van der Waals surface area contributed by atoms with Crippen LogP contribution in [0.25, 0.3) is 0 Å². The molecular weight excluding hydrogens is 390 g/mol. The molecule has 1 aliphatic heterocycles. The fraction of sp³-hybridized carbons (Fsp3) is 0.600. The number of hydrogen-bond acceptors (Lipinski definition) is 5. The lowest BCUT2D eigenvalue weighted by Gasteiger charge is -2.32. The van der Waals surface area contributed by atoms with E-state index in [1.165, 1.54) is 51.4 Å². The van der Waals surface area contributed by atoms with Gasteiger partial charge in [-0.25, -0.2) is 4.99 Å². The summed E-state index contributed by atoms with van der Waals surface area (Å²) in [5.41, 5.74) is 13.0. The van der Waals surface area contributed by atoms with Crippen LogP contribution in [0.5, 0.6) is 0 Å². The Kier molecular flexibility index (Phi) is 8.95. The minimum absolute atomic E-state index is 0.0774. The van der Waals surface area contributed by atoms with Crippen LogP contribution in [0.2, 0.25) is 0 Å². The zero-order valence-corrected chi connectivity index (χ0v) is 17.4. The third kappa shape index (κ3) is 6.63. The Balaban J connectivity index is 1.81. The maximum absolute atomic E-state index is 6.15. The first-order valence-corrected chi connectivity index (χ1v) is 10.6. The number of aliphatic imine (C=N–C) groups is 2. The highest BCUT2D eigenvalue weighted by Gasteiger charge is 2.25. The third-order valence-electron chi connectivity index (χ3n) is 4.71. The predicted molar refractivity (Wildman–Crippen MR) is 115 cm³/mol. The molecule has 0 radical (unpaired) electrons. The van der Waals surface area contributed by atoms with E-state index in [1.807, 2.05) is 29.2 Å². The number of halogens is 1. The molecule has 26 heavy (non-hydrogen) atoms. The lowest BCUT2D eigenvalue weighted by Crippen LogP contribution is -2.48. The molecule has 0 aliphatic carbocycles. The van der Waals surface area contributed by atoms with Gasteiger partial charge < -0.3 is 11.5 Å². The standard InChI is InChI=1S/C20H32BrN5/c1-2-3-4-5-6-7-8-9-10-14-18-24-19(22)25-20(23)26(18)17-13-11-12-16(21)15-17/h11-13,15,18H,2-10,14H2,1H3,(H4,22,23,24,25). The summed E-state index contributed by atoms with van der Waals surface area (Å²) >= 11 is 3.52. The molecule has 0 spiro atoms. The van der Waals surface area contributed by atoms with Crippen LogP contribution in [-0.2, 0) is 0 Å². The largest absolute Gasteiger partial charge is 0.369 e. The molecule has 4 N–H and O–H groups in total. The molecular formula is C20H32BrN5. The van der Waals surface area contributed by atoms with E-state index in [9.17, 15) is 0 Å². The number of benzene rings is 1. The van der Waals surface area contributed by atoms with E-state index in [2.05, 4.69) is 32.8 Å². The number of nitrogens with zero attached hydrogens (tertiary/aromatic N) is 3. The smallest absolute Gasteiger partial charge is 0.220 e. The van der Waals surface area contributed by atoms with Gasteiger partial charge in [-0.2, -0.15) is 4.99 Å². The molecule has 1 atom stereocenters. The summed E-state index contributed by atoms with van der Waals surface area (Å²) in [6.07, 6.45) is 12.6. The Morgan fingerprint density at radius 1 is 1.00 bits per heavy atom. The van der Waals surface area contributed by atoms with Crippen LogP contribution in [-0.4, -0.2) is 18.1 Å². The van der Waals surface area contributed by atoms with E-state index < -0.39 is 0 Å². The fourth-order valence-electron chi connectivity index (χ4n) is 3.32. The van der Waals surface area contributed by atoms with Crippen molar-refractivity contribution in [1.29, 1.82) is 0 Å². The van der Waals surface area contributed by atoms with Gasteiger partial charge >= 0.3 is 0 Å². The number of anilines is 1. The van der Waals surface area contributed by atoms with Crippen LogP contribution in [0, 0.1) is 0 Å². The SMILES string of the molecule is CCCCCCCCCCCC1N=C(N)N=C(N)N1c1cccc(Br)c1. The van der Waals surface area contributed by atoms with E-state index in [0.29, 0.717) is 5.96 Å². The van der Waals surface area contributed by atoms with Crippen molar-refractivity contribution in [2.75, 3.05) is 4.90 Å². The van der Waals surface area contributed by atoms with Gasteiger partial charge in [0.25, 0.3) is 0 Å². The van der Waals surface area contributed by atoms with Crippen molar-refractivity contribution < 1.29 is 0 Å². The van der Waals surface area contributed by atoms with Crippen LogP contribution in [0.3, 0.4) is 0 Å². The molecule has 144 valence electrons. The molecule has 6 heteroatoms. The lowest BCUT2D eigenvalue weighted by molar-refractivity contribution is 0.527. The summed E-state index contributed by atoms with van der Waals surface area (Å²) in [5, 5.41) is 0. The summed E-state index contributed by atoms with van der Waals surface area (Å²) in [6, 6.07) is 8.04. The third-order valence-corrected chi connectivity index (χ3v) is 5.20. The molecule has 0 fully saturated rings. The van der Waals surface area contributed by atoms with E-state index in [0.717, 1.165) is 23.0 Å². The van der Waals surface area contributed by atoms with Crippen molar-refractivity contribution in [2.45, 2.75) is 77.3 Å².